The third kappa shape index (κ3) is 1.50. The van der Waals surface area contributed by atoms with E-state index in [1.165, 1.54) is 0 Å². The molecule has 0 aromatic carbocycles. The highest BCUT2D eigenvalue weighted by atomic mass is 16.4. The van der Waals surface area contributed by atoms with Crippen LogP contribution in [0.15, 0.2) is 12.3 Å². The van der Waals surface area contributed by atoms with Gasteiger partial charge in [0.1, 0.15) is 5.69 Å². The molecule has 0 radical (unpaired) electrons. The van der Waals surface area contributed by atoms with Crippen LogP contribution in [0, 0.1) is 0 Å². The fraction of sp³-hybridized carbons (Fsp3) is 0.400. The van der Waals surface area contributed by atoms with Crippen LogP contribution in [0.5, 0.6) is 0 Å². The second-order valence-corrected chi connectivity index (χ2v) is 4.11. The van der Waals surface area contributed by atoms with E-state index in [9.17, 15) is 4.79 Å². The maximum atomic E-state index is 11.1. The summed E-state index contributed by atoms with van der Waals surface area (Å²) in [6, 6.07) is 2.05. The molecule has 0 saturated heterocycles. The fourth-order valence-corrected chi connectivity index (χ4v) is 1.86. The molecule has 2 aromatic rings. The Morgan fingerprint density at radius 1 is 1.53 bits per heavy atom. The van der Waals surface area contributed by atoms with Crippen LogP contribution in [-0.4, -0.2) is 35.9 Å². The number of carboxylic acids is 1. The number of carbonyl (C=O) groups is 1. The predicted octanol–water partition coefficient (Wildman–Crippen LogP) is 0.712. The number of rotatable bonds is 3. The number of hydrogen-bond donors (Lipinski definition) is 1. The van der Waals surface area contributed by atoms with E-state index in [1.54, 1.807) is 28.7 Å². The normalized spacial score (nSPS) is 15.1. The molecule has 0 atom stereocenters. The summed E-state index contributed by atoms with van der Waals surface area (Å²) < 4.78 is 3.32. The van der Waals surface area contributed by atoms with Crippen LogP contribution >= 0.6 is 0 Å². The summed E-state index contributed by atoms with van der Waals surface area (Å²) in [6.45, 7) is 0. The van der Waals surface area contributed by atoms with E-state index in [0.717, 1.165) is 18.5 Å². The zero-order chi connectivity index (χ0) is 12.0. The molecule has 1 N–H and O–H groups in total. The summed E-state index contributed by atoms with van der Waals surface area (Å²) in [7, 11) is 1.77. The number of hydrogen-bond acceptors (Lipinski definition) is 4. The molecule has 3 rings (SSSR count). The van der Waals surface area contributed by atoms with Gasteiger partial charge in [-0.05, 0) is 18.9 Å². The molecular formula is C10H11N5O2. The Kier molecular flexibility index (Phi) is 2.01. The van der Waals surface area contributed by atoms with Crippen molar-refractivity contribution < 1.29 is 9.90 Å². The van der Waals surface area contributed by atoms with Gasteiger partial charge in [-0.3, -0.25) is 4.68 Å². The smallest absolute Gasteiger partial charge is 0.358 e. The molecule has 1 aliphatic rings. The summed E-state index contributed by atoms with van der Waals surface area (Å²) in [5.74, 6) is -1.06. The van der Waals surface area contributed by atoms with Gasteiger partial charge in [0.2, 0.25) is 0 Å². The van der Waals surface area contributed by atoms with E-state index in [1.807, 2.05) is 0 Å². The van der Waals surface area contributed by atoms with Crippen molar-refractivity contribution in [1.29, 1.82) is 0 Å². The molecular weight excluding hydrogens is 222 g/mol. The number of nitrogens with zero attached hydrogens (tertiary/aromatic N) is 5. The topological polar surface area (TPSA) is 85.8 Å². The van der Waals surface area contributed by atoms with Crippen molar-refractivity contribution in [2.45, 2.75) is 18.9 Å². The molecule has 1 aliphatic carbocycles. The molecule has 0 unspecified atom stereocenters. The largest absolute Gasteiger partial charge is 0.476 e. The van der Waals surface area contributed by atoms with Gasteiger partial charge in [0, 0.05) is 13.2 Å². The van der Waals surface area contributed by atoms with Crippen LogP contribution < -0.4 is 0 Å². The number of aromatic nitrogens is 5. The van der Waals surface area contributed by atoms with E-state index in [0.29, 0.717) is 5.69 Å². The van der Waals surface area contributed by atoms with Crippen molar-refractivity contribution in [3.8, 4) is 11.4 Å². The minimum Gasteiger partial charge on any atom is -0.476 e. The van der Waals surface area contributed by atoms with Crippen molar-refractivity contribution in [3.63, 3.8) is 0 Å². The first kappa shape index (κ1) is 10.0. The maximum Gasteiger partial charge on any atom is 0.358 e. The van der Waals surface area contributed by atoms with E-state index in [2.05, 4.69) is 15.4 Å². The average molecular weight is 233 g/mol. The molecule has 7 nitrogen and oxygen atoms in total. The number of aryl methyl sites for hydroxylation is 1. The van der Waals surface area contributed by atoms with Crippen molar-refractivity contribution in [2.24, 2.45) is 7.05 Å². The van der Waals surface area contributed by atoms with Gasteiger partial charge in [0.15, 0.2) is 5.69 Å². The Hall–Kier alpha value is -2.18. The van der Waals surface area contributed by atoms with Crippen molar-refractivity contribution >= 4 is 5.97 Å². The summed E-state index contributed by atoms with van der Waals surface area (Å²) >= 11 is 0. The zero-order valence-corrected chi connectivity index (χ0v) is 9.24. The third-order valence-electron chi connectivity index (χ3n) is 2.85. The summed E-state index contributed by atoms with van der Waals surface area (Å²) in [4.78, 5) is 11.1. The lowest BCUT2D eigenvalue weighted by Crippen LogP contribution is -2.06. The Morgan fingerprint density at radius 2 is 2.29 bits per heavy atom. The highest BCUT2D eigenvalue weighted by molar-refractivity contribution is 5.92. The Balaban J connectivity index is 2.21. The molecule has 88 valence electrons. The molecule has 7 heteroatoms. The molecule has 1 saturated carbocycles. The van der Waals surface area contributed by atoms with E-state index in [-0.39, 0.29) is 11.7 Å². The molecule has 0 bridgehead atoms. The van der Waals surface area contributed by atoms with Crippen molar-refractivity contribution in [1.82, 2.24) is 24.8 Å². The van der Waals surface area contributed by atoms with Crippen LogP contribution in [0.1, 0.15) is 29.4 Å². The first-order valence-corrected chi connectivity index (χ1v) is 5.35. The lowest BCUT2D eigenvalue weighted by atomic mass is 10.2. The Bertz CT molecular complexity index is 581. The van der Waals surface area contributed by atoms with Gasteiger partial charge in [-0.25, -0.2) is 9.48 Å². The lowest BCUT2D eigenvalue weighted by Gasteiger charge is -2.05. The van der Waals surface area contributed by atoms with Gasteiger partial charge in [0.25, 0.3) is 0 Å². The highest BCUT2D eigenvalue weighted by Gasteiger charge is 2.32. The van der Waals surface area contributed by atoms with Crippen LogP contribution in [0.25, 0.3) is 11.4 Å². The SMILES string of the molecule is Cn1nccc1-c1c(C(=O)O)nnn1C1CC1. The standard InChI is InChI=1S/C10H11N5O2/c1-14-7(4-5-11-14)9-8(10(16)17)12-13-15(9)6-2-3-6/h4-6H,2-3H2,1H3,(H,16,17). The van der Waals surface area contributed by atoms with E-state index < -0.39 is 5.97 Å². The highest BCUT2D eigenvalue weighted by Crippen LogP contribution is 2.38. The van der Waals surface area contributed by atoms with Gasteiger partial charge in [-0.15, -0.1) is 5.10 Å². The monoisotopic (exact) mass is 233 g/mol. The first-order valence-electron chi connectivity index (χ1n) is 5.35. The third-order valence-corrected chi connectivity index (χ3v) is 2.85. The predicted molar refractivity (Wildman–Crippen MR) is 57.5 cm³/mol. The molecule has 0 aliphatic heterocycles. The zero-order valence-electron chi connectivity index (χ0n) is 9.24. The molecule has 1 fully saturated rings. The van der Waals surface area contributed by atoms with Crippen LogP contribution in [0.4, 0.5) is 0 Å². The first-order chi connectivity index (χ1) is 8.18. The van der Waals surface area contributed by atoms with Crippen molar-refractivity contribution in [3.05, 3.63) is 18.0 Å². The van der Waals surface area contributed by atoms with Crippen molar-refractivity contribution in [2.75, 3.05) is 0 Å². The number of carboxylic acid groups (broad SMARTS) is 1. The second kappa shape index (κ2) is 3.41. The fourth-order valence-electron chi connectivity index (χ4n) is 1.86. The minimum absolute atomic E-state index is 0.0134. The Labute approximate surface area is 96.7 Å². The minimum atomic E-state index is -1.06. The summed E-state index contributed by atoms with van der Waals surface area (Å²) in [5, 5.41) is 20.9. The second-order valence-electron chi connectivity index (χ2n) is 4.11. The molecule has 17 heavy (non-hydrogen) atoms. The van der Waals surface area contributed by atoms with Crippen LogP contribution in [0.3, 0.4) is 0 Å². The quantitative estimate of drug-likeness (QED) is 0.843. The molecule has 0 amide bonds. The van der Waals surface area contributed by atoms with Crippen LogP contribution in [0.2, 0.25) is 0 Å². The molecule has 0 spiro atoms. The average Bonchev–Trinajstić information content (AvgIpc) is 2.89. The lowest BCUT2D eigenvalue weighted by molar-refractivity contribution is 0.0691. The molecule has 2 aromatic heterocycles. The van der Waals surface area contributed by atoms with Gasteiger partial charge < -0.3 is 5.11 Å². The van der Waals surface area contributed by atoms with E-state index >= 15 is 0 Å². The van der Waals surface area contributed by atoms with Gasteiger partial charge in [-0.1, -0.05) is 5.21 Å². The molecule has 2 heterocycles. The van der Waals surface area contributed by atoms with Gasteiger partial charge in [0.05, 0.1) is 11.7 Å². The Morgan fingerprint density at radius 3 is 2.82 bits per heavy atom. The van der Waals surface area contributed by atoms with Crippen LogP contribution in [-0.2, 0) is 7.05 Å². The van der Waals surface area contributed by atoms with Gasteiger partial charge in [-0.2, -0.15) is 5.10 Å². The summed E-state index contributed by atoms with van der Waals surface area (Å²) in [6.07, 6.45) is 3.67. The number of aromatic carboxylic acids is 1. The van der Waals surface area contributed by atoms with E-state index in [4.69, 9.17) is 5.11 Å². The maximum absolute atomic E-state index is 11.1. The van der Waals surface area contributed by atoms with Gasteiger partial charge >= 0.3 is 5.97 Å². The summed E-state index contributed by atoms with van der Waals surface area (Å²) in [5.41, 5.74) is 1.25.